The lowest BCUT2D eigenvalue weighted by atomic mass is 10.1. The molecule has 0 fully saturated rings. The third-order valence-electron chi connectivity index (χ3n) is 3.05. The van der Waals surface area contributed by atoms with E-state index in [2.05, 4.69) is 5.32 Å². The molecule has 0 aromatic heterocycles. The average molecular weight is 264 g/mol. The van der Waals surface area contributed by atoms with Crippen LogP contribution in [0.15, 0.2) is 18.2 Å². The van der Waals surface area contributed by atoms with E-state index in [0.717, 1.165) is 16.9 Å². The second-order valence-corrected chi connectivity index (χ2v) is 4.73. The summed E-state index contributed by atoms with van der Waals surface area (Å²) in [6.45, 7) is 7.61. The fraction of sp³-hybridized carbons (Fsp3) is 0.533. The van der Waals surface area contributed by atoms with Crippen molar-refractivity contribution in [2.75, 3.05) is 13.2 Å². The highest BCUT2D eigenvalue weighted by molar-refractivity contribution is 5.78. The minimum absolute atomic E-state index is 0.0335. The molecule has 0 spiro atoms. The Morgan fingerprint density at radius 1 is 1.47 bits per heavy atom. The Morgan fingerprint density at radius 3 is 2.79 bits per heavy atom. The van der Waals surface area contributed by atoms with Crippen molar-refractivity contribution in [3.8, 4) is 5.75 Å². The fourth-order valence-electron chi connectivity index (χ4n) is 1.88. The summed E-state index contributed by atoms with van der Waals surface area (Å²) >= 11 is 0. The van der Waals surface area contributed by atoms with Crippen LogP contribution in [0.1, 0.15) is 31.4 Å². The molecule has 1 atom stereocenters. The number of hydrogen-bond donors (Lipinski definition) is 2. The van der Waals surface area contributed by atoms with E-state index < -0.39 is 0 Å². The zero-order valence-electron chi connectivity index (χ0n) is 12.0. The van der Waals surface area contributed by atoms with Gasteiger partial charge in [0.15, 0.2) is 0 Å². The third-order valence-corrected chi connectivity index (χ3v) is 3.05. The van der Waals surface area contributed by atoms with Crippen LogP contribution in [-0.4, -0.2) is 19.1 Å². The highest BCUT2D eigenvalue weighted by Gasteiger charge is 2.11. The van der Waals surface area contributed by atoms with Crippen molar-refractivity contribution >= 4 is 5.91 Å². The molecule has 1 aromatic rings. The number of carbonyl (C=O) groups is 1. The first-order chi connectivity index (χ1) is 9.08. The van der Waals surface area contributed by atoms with Gasteiger partial charge in [-0.25, -0.2) is 0 Å². The second-order valence-electron chi connectivity index (χ2n) is 4.73. The normalized spacial score (nSPS) is 12.0. The standard InChI is InChI=1S/C15H24N2O2/c1-4-19-14-6-5-13(9-12(14)3)10-17-15(18)11(2)7-8-16/h5-6,9,11H,4,7-8,10,16H2,1-3H3,(H,17,18). The molecule has 4 nitrogen and oxygen atoms in total. The maximum atomic E-state index is 11.8. The SMILES string of the molecule is CCOc1ccc(CNC(=O)C(C)CCN)cc1C. The Bertz CT molecular complexity index is 419. The van der Waals surface area contributed by atoms with E-state index >= 15 is 0 Å². The molecule has 0 aliphatic carbocycles. The molecular weight excluding hydrogens is 240 g/mol. The van der Waals surface area contributed by atoms with Gasteiger partial charge in [-0.05, 0) is 44.0 Å². The molecule has 0 bridgehead atoms. The minimum atomic E-state index is -0.0335. The number of hydrogen-bond acceptors (Lipinski definition) is 3. The molecule has 19 heavy (non-hydrogen) atoms. The van der Waals surface area contributed by atoms with Crippen LogP contribution in [0.4, 0.5) is 0 Å². The molecule has 106 valence electrons. The van der Waals surface area contributed by atoms with E-state index in [0.29, 0.717) is 26.1 Å². The van der Waals surface area contributed by atoms with Gasteiger partial charge in [0.1, 0.15) is 5.75 Å². The number of aryl methyl sites for hydroxylation is 1. The van der Waals surface area contributed by atoms with Crippen LogP contribution in [0, 0.1) is 12.8 Å². The lowest BCUT2D eigenvalue weighted by Gasteiger charge is -2.12. The Labute approximate surface area is 115 Å². The number of carbonyl (C=O) groups excluding carboxylic acids is 1. The summed E-state index contributed by atoms with van der Waals surface area (Å²) in [5, 5.41) is 2.93. The van der Waals surface area contributed by atoms with Gasteiger partial charge in [0.2, 0.25) is 5.91 Å². The second kappa shape index (κ2) is 7.79. The van der Waals surface area contributed by atoms with Crippen LogP contribution in [0.3, 0.4) is 0 Å². The van der Waals surface area contributed by atoms with E-state index in [1.54, 1.807) is 0 Å². The van der Waals surface area contributed by atoms with E-state index in [4.69, 9.17) is 10.5 Å². The van der Waals surface area contributed by atoms with Crippen molar-refractivity contribution in [1.29, 1.82) is 0 Å². The third kappa shape index (κ3) is 4.91. The zero-order valence-corrected chi connectivity index (χ0v) is 12.0. The van der Waals surface area contributed by atoms with Crippen molar-refractivity contribution in [2.45, 2.75) is 33.7 Å². The first-order valence-corrected chi connectivity index (χ1v) is 6.78. The summed E-state index contributed by atoms with van der Waals surface area (Å²) in [5.41, 5.74) is 7.61. The van der Waals surface area contributed by atoms with Crippen molar-refractivity contribution < 1.29 is 9.53 Å². The number of ether oxygens (including phenoxy) is 1. The van der Waals surface area contributed by atoms with Gasteiger partial charge in [-0.15, -0.1) is 0 Å². The molecule has 0 heterocycles. The average Bonchev–Trinajstić information content (AvgIpc) is 2.39. The van der Waals surface area contributed by atoms with E-state index in [1.165, 1.54) is 0 Å². The van der Waals surface area contributed by atoms with Crippen LogP contribution in [0.5, 0.6) is 5.75 Å². The number of rotatable bonds is 7. The van der Waals surface area contributed by atoms with E-state index in [9.17, 15) is 4.79 Å². The van der Waals surface area contributed by atoms with Crippen LogP contribution in [0.2, 0.25) is 0 Å². The summed E-state index contributed by atoms with van der Waals surface area (Å²) in [5.74, 6) is 0.917. The predicted octanol–water partition coefficient (Wildman–Crippen LogP) is 1.99. The number of amides is 1. The van der Waals surface area contributed by atoms with Crippen molar-refractivity contribution in [1.82, 2.24) is 5.32 Å². The largest absolute Gasteiger partial charge is 0.494 e. The molecule has 1 amide bonds. The number of nitrogens with two attached hydrogens (primary N) is 1. The Hall–Kier alpha value is -1.55. The van der Waals surface area contributed by atoms with Gasteiger partial charge in [0.05, 0.1) is 6.61 Å². The van der Waals surface area contributed by atoms with Crippen LogP contribution >= 0.6 is 0 Å². The Balaban J connectivity index is 2.54. The van der Waals surface area contributed by atoms with Crippen LogP contribution in [-0.2, 0) is 11.3 Å². The maximum absolute atomic E-state index is 11.8. The quantitative estimate of drug-likeness (QED) is 0.791. The lowest BCUT2D eigenvalue weighted by molar-refractivity contribution is -0.124. The summed E-state index contributed by atoms with van der Waals surface area (Å²) in [6, 6.07) is 5.97. The molecule has 1 aromatic carbocycles. The van der Waals surface area contributed by atoms with Gasteiger partial charge < -0.3 is 15.8 Å². The first-order valence-electron chi connectivity index (χ1n) is 6.78. The van der Waals surface area contributed by atoms with Crippen LogP contribution < -0.4 is 15.8 Å². The van der Waals surface area contributed by atoms with E-state index in [-0.39, 0.29) is 11.8 Å². The molecule has 0 radical (unpaired) electrons. The predicted molar refractivity (Wildman–Crippen MR) is 77.0 cm³/mol. The van der Waals surface area contributed by atoms with Crippen molar-refractivity contribution in [2.24, 2.45) is 11.7 Å². The minimum Gasteiger partial charge on any atom is -0.494 e. The lowest BCUT2D eigenvalue weighted by Crippen LogP contribution is -2.29. The highest BCUT2D eigenvalue weighted by Crippen LogP contribution is 2.19. The molecule has 1 unspecified atom stereocenters. The summed E-state index contributed by atoms with van der Waals surface area (Å²) in [6.07, 6.45) is 0.716. The molecule has 0 saturated heterocycles. The van der Waals surface area contributed by atoms with Gasteiger partial charge in [0, 0.05) is 12.5 Å². The maximum Gasteiger partial charge on any atom is 0.223 e. The molecule has 4 heteroatoms. The smallest absolute Gasteiger partial charge is 0.223 e. The summed E-state index contributed by atoms with van der Waals surface area (Å²) in [7, 11) is 0. The Kier molecular flexibility index (Phi) is 6.36. The van der Waals surface area contributed by atoms with Gasteiger partial charge in [-0.2, -0.15) is 0 Å². The summed E-state index contributed by atoms with van der Waals surface area (Å²) in [4.78, 5) is 11.8. The van der Waals surface area contributed by atoms with Gasteiger partial charge in [-0.3, -0.25) is 4.79 Å². The van der Waals surface area contributed by atoms with Crippen molar-refractivity contribution in [3.63, 3.8) is 0 Å². The molecule has 0 aliphatic rings. The number of nitrogens with one attached hydrogen (secondary N) is 1. The molecule has 0 saturated carbocycles. The van der Waals surface area contributed by atoms with E-state index in [1.807, 2.05) is 39.0 Å². The molecule has 3 N–H and O–H groups in total. The highest BCUT2D eigenvalue weighted by atomic mass is 16.5. The monoisotopic (exact) mass is 264 g/mol. The molecular formula is C15H24N2O2. The summed E-state index contributed by atoms with van der Waals surface area (Å²) < 4.78 is 5.49. The van der Waals surface area contributed by atoms with Gasteiger partial charge in [-0.1, -0.05) is 19.1 Å². The van der Waals surface area contributed by atoms with Crippen molar-refractivity contribution in [3.05, 3.63) is 29.3 Å². The molecule has 1 rings (SSSR count). The van der Waals surface area contributed by atoms with Gasteiger partial charge >= 0.3 is 0 Å². The molecule has 0 aliphatic heterocycles. The number of benzene rings is 1. The Morgan fingerprint density at radius 2 is 2.21 bits per heavy atom. The zero-order chi connectivity index (χ0) is 14.3. The fourth-order valence-corrected chi connectivity index (χ4v) is 1.88. The topological polar surface area (TPSA) is 64.3 Å². The van der Waals surface area contributed by atoms with Crippen LogP contribution in [0.25, 0.3) is 0 Å². The van der Waals surface area contributed by atoms with Gasteiger partial charge in [0.25, 0.3) is 0 Å². The first kappa shape index (κ1) is 15.5.